The SMILES string of the molecule is CCCOC(=O)N[C@H](CC(=O)O)NC(=O)[C@@H]1CCCN(C(=O)CCC2CCNCC2)C1. The fourth-order valence-electron chi connectivity index (χ4n) is 4.05. The molecule has 2 aliphatic heterocycles. The number of carbonyl (C=O) groups excluding carboxylic acids is 3. The van der Waals surface area contributed by atoms with Gasteiger partial charge < -0.3 is 30.7 Å². The highest BCUT2D eigenvalue weighted by Crippen LogP contribution is 2.21. The number of ether oxygens (including phenoxy) is 1. The van der Waals surface area contributed by atoms with Crippen LogP contribution in [-0.2, 0) is 19.1 Å². The summed E-state index contributed by atoms with van der Waals surface area (Å²) in [5.74, 6) is -1.30. The van der Waals surface area contributed by atoms with Gasteiger partial charge in [0.05, 0.1) is 18.9 Å². The Bertz CT molecular complexity index is 623. The molecule has 4 N–H and O–H groups in total. The van der Waals surface area contributed by atoms with Crippen LogP contribution in [0.2, 0.25) is 0 Å². The van der Waals surface area contributed by atoms with Crippen molar-refractivity contribution in [1.82, 2.24) is 20.9 Å². The Labute approximate surface area is 183 Å². The number of rotatable bonds is 10. The molecule has 0 aliphatic carbocycles. The van der Waals surface area contributed by atoms with Crippen molar-refractivity contribution in [2.24, 2.45) is 11.8 Å². The minimum atomic E-state index is -1.15. The third-order valence-electron chi connectivity index (χ3n) is 5.79. The van der Waals surface area contributed by atoms with Gasteiger partial charge in [0.25, 0.3) is 0 Å². The van der Waals surface area contributed by atoms with E-state index in [0.29, 0.717) is 44.7 Å². The second-order valence-electron chi connectivity index (χ2n) is 8.35. The van der Waals surface area contributed by atoms with Gasteiger partial charge in [-0.1, -0.05) is 6.92 Å². The number of nitrogens with zero attached hydrogens (tertiary/aromatic N) is 1. The molecule has 0 aromatic carbocycles. The lowest BCUT2D eigenvalue weighted by atomic mass is 9.92. The first-order valence-corrected chi connectivity index (χ1v) is 11.3. The third-order valence-corrected chi connectivity index (χ3v) is 5.79. The lowest BCUT2D eigenvalue weighted by molar-refractivity contribution is -0.138. The smallest absolute Gasteiger partial charge is 0.408 e. The molecular formula is C21H36N4O6. The lowest BCUT2D eigenvalue weighted by Crippen LogP contribution is -2.53. The molecule has 2 fully saturated rings. The van der Waals surface area contributed by atoms with Gasteiger partial charge in [-0.25, -0.2) is 4.79 Å². The second-order valence-corrected chi connectivity index (χ2v) is 8.35. The number of hydrogen-bond donors (Lipinski definition) is 4. The number of aliphatic carboxylic acids is 1. The topological polar surface area (TPSA) is 137 Å². The number of piperidine rings is 2. The van der Waals surface area contributed by atoms with Crippen LogP contribution in [0.3, 0.4) is 0 Å². The van der Waals surface area contributed by atoms with Gasteiger partial charge in [-0.05, 0) is 57.5 Å². The molecule has 10 nitrogen and oxygen atoms in total. The molecule has 0 bridgehead atoms. The van der Waals surface area contributed by atoms with Crippen molar-refractivity contribution in [3.8, 4) is 0 Å². The Hall–Kier alpha value is -2.36. The van der Waals surface area contributed by atoms with Crippen LogP contribution in [0.4, 0.5) is 4.79 Å². The standard InChI is InChI=1S/C21H36N4O6/c1-2-12-31-21(30)24-17(13-19(27)28)23-20(29)16-4-3-11-25(14-16)18(26)6-5-15-7-9-22-10-8-15/h15-17,22H,2-14H2,1H3,(H,23,29)(H,24,30)(H,27,28)/t16-,17-/m1/s1. The average Bonchev–Trinajstić information content (AvgIpc) is 2.76. The fraction of sp³-hybridized carbons (Fsp3) is 0.810. The van der Waals surface area contributed by atoms with Crippen molar-refractivity contribution in [1.29, 1.82) is 0 Å². The van der Waals surface area contributed by atoms with Crippen molar-refractivity contribution >= 4 is 23.9 Å². The van der Waals surface area contributed by atoms with Crippen LogP contribution in [0.15, 0.2) is 0 Å². The number of carbonyl (C=O) groups is 4. The molecule has 3 amide bonds. The van der Waals surface area contributed by atoms with Crippen LogP contribution in [-0.4, -0.2) is 72.8 Å². The molecule has 0 aromatic heterocycles. The zero-order chi connectivity index (χ0) is 22.6. The fourth-order valence-corrected chi connectivity index (χ4v) is 4.05. The van der Waals surface area contributed by atoms with E-state index in [-0.39, 0.29) is 18.4 Å². The summed E-state index contributed by atoms with van der Waals surface area (Å²) in [5, 5.41) is 17.4. The molecule has 0 unspecified atom stereocenters. The van der Waals surface area contributed by atoms with Gasteiger partial charge in [0.15, 0.2) is 0 Å². The number of nitrogens with one attached hydrogen (secondary N) is 3. The quantitative estimate of drug-likeness (QED) is 0.373. The highest BCUT2D eigenvalue weighted by atomic mass is 16.5. The minimum absolute atomic E-state index is 0.0689. The van der Waals surface area contributed by atoms with Gasteiger partial charge in [-0.2, -0.15) is 0 Å². The van der Waals surface area contributed by atoms with E-state index < -0.39 is 30.6 Å². The normalized spacial score (nSPS) is 20.5. The molecule has 176 valence electrons. The molecule has 0 saturated carbocycles. The van der Waals surface area contributed by atoms with Gasteiger partial charge >= 0.3 is 12.1 Å². The first kappa shape index (κ1) is 24.9. The van der Waals surface area contributed by atoms with E-state index in [1.165, 1.54) is 0 Å². The number of likely N-dealkylation sites (tertiary alicyclic amines) is 1. The molecule has 0 radical (unpaired) electrons. The van der Waals surface area contributed by atoms with E-state index in [0.717, 1.165) is 32.4 Å². The first-order valence-electron chi connectivity index (χ1n) is 11.3. The van der Waals surface area contributed by atoms with E-state index >= 15 is 0 Å². The van der Waals surface area contributed by atoms with Crippen molar-refractivity contribution in [3.63, 3.8) is 0 Å². The molecule has 31 heavy (non-hydrogen) atoms. The Morgan fingerprint density at radius 2 is 1.90 bits per heavy atom. The van der Waals surface area contributed by atoms with Crippen LogP contribution in [0.25, 0.3) is 0 Å². The van der Waals surface area contributed by atoms with E-state index in [4.69, 9.17) is 9.84 Å². The summed E-state index contributed by atoms with van der Waals surface area (Å²) in [7, 11) is 0. The van der Waals surface area contributed by atoms with Crippen LogP contribution < -0.4 is 16.0 Å². The van der Waals surface area contributed by atoms with Gasteiger partial charge in [0.2, 0.25) is 11.8 Å². The highest BCUT2D eigenvalue weighted by molar-refractivity contribution is 5.82. The third kappa shape index (κ3) is 9.12. The van der Waals surface area contributed by atoms with E-state index in [2.05, 4.69) is 16.0 Å². The number of carboxylic acids is 1. The molecule has 0 spiro atoms. The van der Waals surface area contributed by atoms with Gasteiger partial charge in [0.1, 0.15) is 6.17 Å². The highest BCUT2D eigenvalue weighted by Gasteiger charge is 2.30. The number of amides is 3. The Kier molecular flexibility index (Phi) is 10.6. The monoisotopic (exact) mass is 440 g/mol. The Morgan fingerprint density at radius 1 is 1.16 bits per heavy atom. The average molecular weight is 441 g/mol. The zero-order valence-corrected chi connectivity index (χ0v) is 18.4. The van der Waals surface area contributed by atoms with Crippen molar-refractivity contribution in [2.75, 3.05) is 32.8 Å². The molecule has 2 saturated heterocycles. The molecular weight excluding hydrogens is 404 g/mol. The van der Waals surface area contributed by atoms with Gasteiger partial charge in [-0.3, -0.25) is 14.4 Å². The Morgan fingerprint density at radius 3 is 2.58 bits per heavy atom. The predicted octanol–water partition coefficient (Wildman–Crippen LogP) is 1.06. The molecule has 10 heteroatoms. The van der Waals surface area contributed by atoms with Crippen LogP contribution in [0, 0.1) is 11.8 Å². The van der Waals surface area contributed by atoms with Crippen molar-refractivity contribution in [2.45, 2.75) is 64.5 Å². The number of hydrogen-bond acceptors (Lipinski definition) is 6. The van der Waals surface area contributed by atoms with Gasteiger partial charge in [-0.15, -0.1) is 0 Å². The molecule has 2 rings (SSSR count). The maximum Gasteiger partial charge on any atom is 0.408 e. The van der Waals surface area contributed by atoms with Gasteiger partial charge in [0, 0.05) is 19.5 Å². The summed E-state index contributed by atoms with van der Waals surface area (Å²) in [6.45, 7) is 5.00. The van der Waals surface area contributed by atoms with Crippen molar-refractivity contribution < 1.29 is 29.0 Å². The van der Waals surface area contributed by atoms with Crippen LogP contribution >= 0.6 is 0 Å². The van der Waals surface area contributed by atoms with E-state index in [1.54, 1.807) is 4.90 Å². The van der Waals surface area contributed by atoms with Crippen LogP contribution in [0.1, 0.15) is 58.3 Å². The minimum Gasteiger partial charge on any atom is -0.481 e. The number of carboxylic acid groups (broad SMARTS) is 1. The number of alkyl carbamates (subject to hydrolysis) is 1. The van der Waals surface area contributed by atoms with Crippen LogP contribution in [0.5, 0.6) is 0 Å². The first-order chi connectivity index (χ1) is 14.9. The summed E-state index contributed by atoms with van der Waals surface area (Å²) < 4.78 is 4.90. The summed E-state index contributed by atoms with van der Waals surface area (Å²) in [5.41, 5.74) is 0. The molecule has 2 aliphatic rings. The largest absolute Gasteiger partial charge is 0.481 e. The summed E-state index contributed by atoms with van der Waals surface area (Å²) in [6, 6.07) is 0. The predicted molar refractivity (Wildman–Crippen MR) is 113 cm³/mol. The molecule has 0 aromatic rings. The van der Waals surface area contributed by atoms with E-state index in [9.17, 15) is 19.2 Å². The summed E-state index contributed by atoms with van der Waals surface area (Å²) in [4.78, 5) is 50.0. The lowest BCUT2D eigenvalue weighted by Gasteiger charge is -2.33. The van der Waals surface area contributed by atoms with Crippen molar-refractivity contribution in [3.05, 3.63) is 0 Å². The van der Waals surface area contributed by atoms with E-state index in [1.807, 2.05) is 6.92 Å². The second kappa shape index (κ2) is 13.1. The summed E-state index contributed by atoms with van der Waals surface area (Å²) in [6.07, 6.45) is 3.21. The zero-order valence-electron chi connectivity index (χ0n) is 18.4. The maximum atomic E-state index is 12.7. The maximum absolute atomic E-state index is 12.7. The summed E-state index contributed by atoms with van der Waals surface area (Å²) >= 11 is 0. The molecule has 2 heterocycles. The Balaban J connectivity index is 1.83. The molecule has 2 atom stereocenters.